The Labute approximate surface area is 146 Å². The molecule has 0 atom stereocenters. The van der Waals surface area contributed by atoms with Crippen molar-refractivity contribution in [3.63, 3.8) is 0 Å². The summed E-state index contributed by atoms with van der Waals surface area (Å²) in [7, 11) is 0. The van der Waals surface area contributed by atoms with E-state index >= 15 is 0 Å². The minimum atomic E-state index is -2.59. The number of amides is 1. The van der Waals surface area contributed by atoms with Gasteiger partial charge >= 0.3 is 0 Å². The highest BCUT2D eigenvalue weighted by molar-refractivity contribution is 6.32. The van der Waals surface area contributed by atoms with E-state index in [0.29, 0.717) is 31.1 Å². The molecule has 7 heteroatoms. The highest BCUT2D eigenvalue weighted by Crippen LogP contribution is 2.37. The molecular formula is C17H24ClF2NO3. The van der Waals surface area contributed by atoms with Crippen LogP contribution in [0.3, 0.4) is 0 Å². The summed E-state index contributed by atoms with van der Waals surface area (Å²) in [4.78, 5) is 13.7. The maximum Gasteiger partial charge on any atom is 0.255 e. The van der Waals surface area contributed by atoms with Crippen LogP contribution < -0.4 is 9.47 Å². The fourth-order valence-electron chi connectivity index (χ4n) is 2.19. The van der Waals surface area contributed by atoms with E-state index in [1.54, 1.807) is 6.92 Å². The third kappa shape index (κ3) is 5.82. The topological polar surface area (TPSA) is 38.8 Å². The zero-order valence-corrected chi connectivity index (χ0v) is 15.0. The van der Waals surface area contributed by atoms with Crippen LogP contribution in [0, 0.1) is 0 Å². The van der Waals surface area contributed by atoms with Crippen LogP contribution in [0.15, 0.2) is 12.1 Å². The summed E-state index contributed by atoms with van der Waals surface area (Å²) >= 11 is 6.21. The Hall–Kier alpha value is -1.56. The average molecular weight is 364 g/mol. The second kappa shape index (κ2) is 10.3. The fraction of sp³-hybridized carbons (Fsp3) is 0.588. The number of hydrogen-bond acceptors (Lipinski definition) is 3. The average Bonchev–Trinajstić information content (AvgIpc) is 2.52. The summed E-state index contributed by atoms with van der Waals surface area (Å²) in [5.41, 5.74) is 0.210. The minimum absolute atomic E-state index is 0.210. The maximum atomic E-state index is 12.7. The Kier molecular flexibility index (Phi) is 8.82. The summed E-state index contributed by atoms with van der Waals surface area (Å²) in [6, 6.07) is 2.93. The molecule has 0 aliphatic rings. The number of carbonyl (C=O) groups is 1. The first kappa shape index (κ1) is 20.5. The van der Waals surface area contributed by atoms with Crippen molar-refractivity contribution >= 4 is 17.5 Å². The summed E-state index contributed by atoms with van der Waals surface area (Å²) in [6.45, 7) is 6.05. The lowest BCUT2D eigenvalue weighted by molar-refractivity contribution is 0.0555. The molecule has 0 unspecified atom stereocenters. The molecule has 0 aromatic heterocycles. The summed E-state index contributed by atoms with van der Waals surface area (Å²) in [6.07, 6.45) is -1.21. The van der Waals surface area contributed by atoms with Crippen LogP contribution in [-0.2, 0) is 0 Å². The largest absolute Gasteiger partial charge is 0.490 e. The van der Waals surface area contributed by atoms with Gasteiger partial charge in [0.05, 0.1) is 24.8 Å². The smallest absolute Gasteiger partial charge is 0.255 e. The highest BCUT2D eigenvalue weighted by atomic mass is 35.5. The first-order chi connectivity index (χ1) is 11.4. The van der Waals surface area contributed by atoms with Crippen molar-refractivity contribution in [2.24, 2.45) is 0 Å². The fourth-order valence-corrected chi connectivity index (χ4v) is 2.46. The lowest BCUT2D eigenvalue weighted by Crippen LogP contribution is -2.35. The lowest BCUT2D eigenvalue weighted by Gasteiger charge is -2.22. The van der Waals surface area contributed by atoms with Gasteiger partial charge < -0.3 is 14.4 Å². The van der Waals surface area contributed by atoms with Gasteiger partial charge in [0, 0.05) is 12.1 Å². The van der Waals surface area contributed by atoms with Crippen LogP contribution in [0.25, 0.3) is 0 Å². The Morgan fingerprint density at radius 2 is 1.92 bits per heavy atom. The van der Waals surface area contributed by atoms with Crippen LogP contribution in [0.5, 0.6) is 11.5 Å². The lowest BCUT2D eigenvalue weighted by atomic mass is 10.1. The van der Waals surface area contributed by atoms with Gasteiger partial charge in [0.25, 0.3) is 12.3 Å². The number of alkyl halides is 2. The number of carbonyl (C=O) groups excluding carboxylic acids is 1. The van der Waals surface area contributed by atoms with Crippen LogP contribution >= 0.6 is 11.6 Å². The number of ether oxygens (including phenoxy) is 2. The molecule has 4 nitrogen and oxygen atoms in total. The maximum absolute atomic E-state index is 12.7. The predicted octanol–water partition coefficient (Wildman–Crippen LogP) is 4.64. The SMILES string of the molecule is CCCOc1c(Cl)cc(C(=O)N(CCC)CC(F)F)cc1OCC. The number of hydrogen-bond donors (Lipinski definition) is 0. The molecule has 136 valence electrons. The molecule has 1 aromatic carbocycles. The molecular weight excluding hydrogens is 340 g/mol. The van der Waals surface area contributed by atoms with E-state index in [0.717, 1.165) is 11.3 Å². The molecule has 0 N–H and O–H groups in total. The van der Waals surface area contributed by atoms with Crippen molar-refractivity contribution in [1.82, 2.24) is 4.90 Å². The molecule has 0 aliphatic heterocycles. The zero-order valence-electron chi connectivity index (χ0n) is 14.3. The zero-order chi connectivity index (χ0) is 18.1. The van der Waals surface area contributed by atoms with Gasteiger partial charge in [-0.1, -0.05) is 25.4 Å². The molecule has 1 aromatic rings. The van der Waals surface area contributed by atoms with Crippen LogP contribution in [0.2, 0.25) is 5.02 Å². The molecule has 0 saturated carbocycles. The Balaban J connectivity index is 3.15. The number of nitrogens with zero attached hydrogens (tertiary/aromatic N) is 1. The van der Waals surface area contributed by atoms with Gasteiger partial charge in [-0.25, -0.2) is 8.78 Å². The first-order valence-corrected chi connectivity index (χ1v) is 8.48. The quantitative estimate of drug-likeness (QED) is 0.607. The Morgan fingerprint density at radius 3 is 2.46 bits per heavy atom. The van der Waals surface area contributed by atoms with Crippen molar-refractivity contribution in [1.29, 1.82) is 0 Å². The van der Waals surface area contributed by atoms with Gasteiger partial charge in [-0.2, -0.15) is 0 Å². The van der Waals surface area contributed by atoms with Crippen molar-refractivity contribution in [2.45, 2.75) is 40.0 Å². The number of halogens is 3. The van der Waals surface area contributed by atoms with E-state index < -0.39 is 18.9 Å². The van der Waals surface area contributed by atoms with Crippen LogP contribution in [0.4, 0.5) is 8.78 Å². The second-order valence-corrected chi connectivity index (χ2v) is 5.62. The van der Waals surface area contributed by atoms with Crippen LogP contribution in [-0.4, -0.2) is 43.5 Å². The van der Waals surface area contributed by atoms with Gasteiger partial charge in [0.2, 0.25) is 0 Å². The van der Waals surface area contributed by atoms with E-state index in [4.69, 9.17) is 21.1 Å². The third-order valence-electron chi connectivity index (χ3n) is 3.15. The predicted molar refractivity (Wildman–Crippen MR) is 90.6 cm³/mol. The molecule has 0 fully saturated rings. The summed E-state index contributed by atoms with van der Waals surface area (Å²) in [5.74, 6) is 0.213. The van der Waals surface area contributed by atoms with E-state index in [9.17, 15) is 13.6 Å². The minimum Gasteiger partial charge on any atom is -0.490 e. The standard InChI is InChI=1S/C17H24ClF2NO3/c1-4-7-21(11-15(19)20)17(22)12-9-13(18)16(24-8-5-2)14(10-12)23-6-3/h9-10,15H,4-8,11H2,1-3H3. The van der Waals surface area contributed by atoms with Crippen molar-refractivity contribution < 1.29 is 23.0 Å². The monoisotopic (exact) mass is 363 g/mol. The molecule has 0 radical (unpaired) electrons. The van der Waals surface area contributed by atoms with Gasteiger partial charge in [-0.3, -0.25) is 4.79 Å². The Bertz CT molecular complexity index is 541. The molecule has 0 spiro atoms. The second-order valence-electron chi connectivity index (χ2n) is 5.21. The van der Waals surface area contributed by atoms with Crippen LogP contribution in [0.1, 0.15) is 44.0 Å². The Morgan fingerprint density at radius 1 is 1.21 bits per heavy atom. The third-order valence-corrected chi connectivity index (χ3v) is 3.43. The summed E-state index contributed by atoms with van der Waals surface area (Å²) in [5, 5.41) is 0.228. The summed E-state index contributed by atoms with van der Waals surface area (Å²) < 4.78 is 36.5. The van der Waals surface area contributed by atoms with E-state index in [2.05, 4.69) is 0 Å². The van der Waals surface area contributed by atoms with Crippen molar-refractivity contribution in [2.75, 3.05) is 26.3 Å². The van der Waals surface area contributed by atoms with E-state index in [1.165, 1.54) is 12.1 Å². The van der Waals surface area contributed by atoms with Gasteiger partial charge in [0.15, 0.2) is 11.5 Å². The van der Waals surface area contributed by atoms with E-state index in [-0.39, 0.29) is 17.1 Å². The molecule has 1 rings (SSSR count). The van der Waals surface area contributed by atoms with Crippen molar-refractivity contribution in [3.05, 3.63) is 22.7 Å². The van der Waals surface area contributed by atoms with Gasteiger partial charge in [0.1, 0.15) is 0 Å². The van der Waals surface area contributed by atoms with Gasteiger partial charge in [-0.05, 0) is 31.9 Å². The van der Waals surface area contributed by atoms with Crippen molar-refractivity contribution in [3.8, 4) is 11.5 Å². The molecule has 0 bridgehead atoms. The molecule has 1 amide bonds. The molecule has 0 heterocycles. The molecule has 24 heavy (non-hydrogen) atoms. The first-order valence-electron chi connectivity index (χ1n) is 8.11. The molecule has 0 saturated heterocycles. The molecule has 0 aliphatic carbocycles. The van der Waals surface area contributed by atoms with E-state index in [1.807, 2.05) is 13.8 Å². The normalized spacial score (nSPS) is 10.8. The number of rotatable bonds is 10. The van der Waals surface area contributed by atoms with Gasteiger partial charge in [-0.15, -0.1) is 0 Å². The highest BCUT2D eigenvalue weighted by Gasteiger charge is 2.22. The number of benzene rings is 1.